The van der Waals surface area contributed by atoms with Gasteiger partial charge >= 0.3 is 0 Å². The lowest BCUT2D eigenvalue weighted by molar-refractivity contribution is -0.00457. The zero-order valence-corrected chi connectivity index (χ0v) is 18.8. The minimum atomic E-state index is -0.209. The number of aromatic nitrogens is 3. The van der Waals surface area contributed by atoms with Crippen LogP contribution in [0.2, 0.25) is 0 Å². The third-order valence-corrected chi connectivity index (χ3v) is 6.32. The van der Waals surface area contributed by atoms with Crippen LogP contribution in [0.3, 0.4) is 0 Å². The van der Waals surface area contributed by atoms with Crippen molar-refractivity contribution in [3.63, 3.8) is 0 Å². The Balaban J connectivity index is 1.68. The second kappa shape index (κ2) is 8.41. The van der Waals surface area contributed by atoms with E-state index in [4.69, 9.17) is 21.3 Å². The van der Waals surface area contributed by atoms with Crippen molar-refractivity contribution in [3.05, 3.63) is 35.5 Å². The Morgan fingerprint density at radius 1 is 1.27 bits per heavy atom. The minimum Gasteiger partial charge on any atom is -0.395 e. The Bertz CT molecular complexity index is 1210. The van der Waals surface area contributed by atoms with Gasteiger partial charge in [0.1, 0.15) is 17.2 Å². The summed E-state index contributed by atoms with van der Waals surface area (Å²) in [5.41, 5.74) is 10.0. The van der Waals surface area contributed by atoms with E-state index in [9.17, 15) is 4.79 Å². The predicted molar refractivity (Wildman–Crippen MR) is 128 cm³/mol. The summed E-state index contributed by atoms with van der Waals surface area (Å²) in [5.74, 6) is 7.05. The van der Waals surface area contributed by atoms with Crippen molar-refractivity contribution < 1.29 is 9.53 Å². The standard InChI is InChI=1S/C22H29N9O2/c1-25-19-9-18-27-15-7-12(8-16(20(15)23)30(2)24)11-33-17-6-4-3-5-14(17)28-22(32)13-10-26-31(19)21(13)29-18/h7-10,14,17,25H,3-6,11,23-24H2,1-2H3,(H,27,29)(H,28,32). The summed E-state index contributed by atoms with van der Waals surface area (Å²) in [6.07, 6.45) is 5.32. The van der Waals surface area contributed by atoms with Gasteiger partial charge in [0.2, 0.25) is 0 Å². The zero-order valence-electron chi connectivity index (χ0n) is 18.8. The van der Waals surface area contributed by atoms with Gasteiger partial charge in [0.25, 0.3) is 5.91 Å². The van der Waals surface area contributed by atoms with Gasteiger partial charge in [-0.3, -0.25) is 4.79 Å². The first kappa shape index (κ1) is 21.3. The van der Waals surface area contributed by atoms with E-state index in [1.165, 1.54) is 5.01 Å². The molecule has 33 heavy (non-hydrogen) atoms. The highest BCUT2D eigenvalue weighted by atomic mass is 16.5. The highest BCUT2D eigenvalue weighted by molar-refractivity contribution is 6.00. The fraction of sp³-hybridized carbons (Fsp3) is 0.409. The fourth-order valence-electron chi connectivity index (χ4n) is 4.59. The summed E-state index contributed by atoms with van der Waals surface area (Å²) in [6.45, 7) is 0.375. The Labute approximate surface area is 191 Å². The Hall–Kier alpha value is -3.57. The largest absolute Gasteiger partial charge is 0.395 e. The van der Waals surface area contributed by atoms with Gasteiger partial charge < -0.3 is 31.4 Å². The van der Waals surface area contributed by atoms with Crippen LogP contribution >= 0.6 is 0 Å². The average Bonchev–Trinajstić information content (AvgIpc) is 3.23. The number of hydrazine groups is 1. The summed E-state index contributed by atoms with van der Waals surface area (Å²) < 4.78 is 7.92. The van der Waals surface area contributed by atoms with Gasteiger partial charge in [-0.15, -0.1) is 0 Å². The van der Waals surface area contributed by atoms with Gasteiger partial charge in [0.15, 0.2) is 5.65 Å². The second-order valence-corrected chi connectivity index (χ2v) is 8.60. The van der Waals surface area contributed by atoms with E-state index in [0.717, 1.165) is 31.2 Å². The van der Waals surface area contributed by atoms with Crippen LogP contribution in [0.15, 0.2) is 24.4 Å². The predicted octanol–water partition coefficient (Wildman–Crippen LogP) is 1.98. The summed E-state index contributed by atoms with van der Waals surface area (Å²) >= 11 is 0. The number of hydrogen-bond acceptors (Lipinski definition) is 9. The van der Waals surface area contributed by atoms with Gasteiger partial charge in [-0.2, -0.15) is 9.61 Å². The number of carbonyl (C=O) groups is 1. The molecule has 1 aliphatic heterocycles. The molecular weight excluding hydrogens is 422 g/mol. The van der Waals surface area contributed by atoms with E-state index in [-0.39, 0.29) is 18.1 Å². The molecule has 7 N–H and O–H groups in total. The number of hydrogen-bond donors (Lipinski definition) is 5. The van der Waals surface area contributed by atoms with Crippen molar-refractivity contribution in [2.24, 2.45) is 5.84 Å². The Kier molecular flexibility index (Phi) is 5.43. The van der Waals surface area contributed by atoms with Crippen LogP contribution in [-0.4, -0.2) is 46.7 Å². The Morgan fingerprint density at radius 2 is 2.09 bits per heavy atom. The van der Waals surface area contributed by atoms with Crippen molar-refractivity contribution in [1.29, 1.82) is 0 Å². The smallest absolute Gasteiger partial charge is 0.257 e. The van der Waals surface area contributed by atoms with Crippen LogP contribution in [0.25, 0.3) is 5.65 Å². The first-order valence-corrected chi connectivity index (χ1v) is 11.1. The topological polar surface area (TPSA) is 148 Å². The van der Waals surface area contributed by atoms with E-state index in [1.54, 1.807) is 30.9 Å². The van der Waals surface area contributed by atoms with Crippen molar-refractivity contribution in [2.45, 2.75) is 44.4 Å². The number of nitrogens with one attached hydrogen (secondary N) is 3. The molecule has 2 aromatic heterocycles. The van der Waals surface area contributed by atoms with Crippen LogP contribution in [0.4, 0.5) is 28.7 Å². The monoisotopic (exact) mass is 451 g/mol. The first-order chi connectivity index (χ1) is 15.9. The van der Waals surface area contributed by atoms with Crippen LogP contribution in [0.5, 0.6) is 0 Å². The molecule has 2 atom stereocenters. The molecule has 3 heterocycles. The van der Waals surface area contributed by atoms with E-state index < -0.39 is 0 Å². The number of benzene rings is 1. The second-order valence-electron chi connectivity index (χ2n) is 8.60. The van der Waals surface area contributed by atoms with Gasteiger partial charge in [0.05, 0.1) is 42.0 Å². The number of amides is 1. The molecule has 1 aromatic carbocycles. The van der Waals surface area contributed by atoms with E-state index >= 15 is 0 Å². The van der Waals surface area contributed by atoms with Crippen LogP contribution in [-0.2, 0) is 11.3 Å². The van der Waals surface area contributed by atoms with Gasteiger partial charge in [-0.1, -0.05) is 12.8 Å². The summed E-state index contributed by atoms with van der Waals surface area (Å²) in [7, 11) is 3.53. The molecule has 2 unspecified atom stereocenters. The molecule has 11 nitrogen and oxygen atoms in total. The van der Waals surface area contributed by atoms with E-state index in [2.05, 4.69) is 21.0 Å². The molecule has 1 aliphatic carbocycles. The number of fused-ring (bicyclic) bond motifs is 4. The maximum absolute atomic E-state index is 13.2. The van der Waals surface area contributed by atoms with Gasteiger partial charge in [-0.05, 0) is 30.5 Å². The number of anilines is 5. The average molecular weight is 452 g/mol. The molecule has 1 fully saturated rings. The molecule has 11 heteroatoms. The fourth-order valence-corrected chi connectivity index (χ4v) is 4.59. The molecule has 174 valence electrons. The van der Waals surface area contributed by atoms with Gasteiger partial charge in [-0.25, -0.2) is 10.8 Å². The third-order valence-electron chi connectivity index (χ3n) is 6.32. The van der Waals surface area contributed by atoms with Crippen molar-refractivity contribution in [2.75, 3.05) is 35.5 Å². The summed E-state index contributed by atoms with van der Waals surface area (Å²) in [5, 5.41) is 15.4. The lowest BCUT2D eigenvalue weighted by Crippen LogP contribution is -2.46. The highest BCUT2D eigenvalue weighted by Crippen LogP contribution is 2.34. The summed E-state index contributed by atoms with van der Waals surface area (Å²) in [4.78, 5) is 17.9. The molecular formula is C22H29N9O2. The number of nitrogens with two attached hydrogens (primary N) is 2. The van der Waals surface area contributed by atoms with Crippen molar-refractivity contribution in [3.8, 4) is 0 Å². The highest BCUT2D eigenvalue weighted by Gasteiger charge is 2.29. The minimum absolute atomic E-state index is 0.0841. The van der Waals surface area contributed by atoms with Gasteiger partial charge in [0, 0.05) is 20.2 Å². The molecule has 0 spiro atoms. The van der Waals surface area contributed by atoms with Crippen LogP contribution in [0, 0.1) is 0 Å². The third kappa shape index (κ3) is 3.89. The Morgan fingerprint density at radius 3 is 2.88 bits per heavy atom. The maximum atomic E-state index is 13.2. The first-order valence-electron chi connectivity index (χ1n) is 11.1. The number of ether oxygens (including phenoxy) is 1. The maximum Gasteiger partial charge on any atom is 0.257 e. The normalized spacial score (nSPS) is 20.5. The molecule has 0 saturated heterocycles. The lowest BCUT2D eigenvalue weighted by atomic mass is 9.92. The molecule has 2 aliphatic rings. The molecule has 0 radical (unpaired) electrons. The molecule has 5 rings (SSSR count). The molecule has 4 bridgehead atoms. The lowest BCUT2D eigenvalue weighted by Gasteiger charge is -2.32. The van der Waals surface area contributed by atoms with Crippen molar-refractivity contribution in [1.82, 2.24) is 19.9 Å². The molecule has 3 aromatic rings. The number of carbonyl (C=O) groups excluding carboxylic acids is 1. The number of nitrogens with zero attached hydrogens (tertiary/aromatic N) is 4. The van der Waals surface area contributed by atoms with Crippen molar-refractivity contribution >= 4 is 40.3 Å². The quantitative estimate of drug-likeness (QED) is 0.224. The zero-order chi connectivity index (χ0) is 23.1. The van der Waals surface area contributed by atoms with E-state index in [1.807, 2.05) is 12.1 Å². The van der Waals surface area contributed by atoms with Crippen LogP contribution in [0.1, 0.15) is 41.6 Å². The number of rotatable bonds is 2. The van der Waals surface area contributed by atoms with Crippen LogP contribution < -0.4 is 32.5 Å². The van der Waals surface area contributed by atoms with E-state index in [0.29, 0.717) is 46.5 Å². The SMILES string of the molecule is CNc1cc2nc3c(cnn13)C(=O)NC1CCCCC1OCc1cc(c(N)c(N(C)N)c1)N2. The summed E-state index contributed by atoms with van der Waals surface area (Å²) in [6, 6.07) is 5.60. The number of nitrogen functional groups attached to an aromatic ring is 1. The molecule has 1 saturated carbocycles. The molecule has 1 amide bonds.